The van der Waals surface area contributed by atoms with E-state index >= 15 is 0 Å². The minimum atomic E-state index is -0.271. The molecule has 2 aromatic heterocycles. The number of aryl methyl sites for hydroxylation is 2. The number of benzene rings is 2. The average molecular weight is 416 g/mol. The third-order valence-corrected chi connectivity index (χ3v) is 5.12. The molecule has 0 fully saturated rings. The Hall–Kier alpha value is -3.94. The van der Waals surface area contributed by atoms with Crippen molar-refractivity contribution in [2.75, 3.05) is 0 Å². The summed E-state index contributed by atoms with van der Waals surface area (Å²) in [5.41, 5.74) is 4.33. The highest BCUT2D eigenvalue weighted by atomic mass is 16.2. The molecule has 0 radical (unpaired) electrons. The van der Waals surface area contributed by atoms with Crippen molar-refractivity contribution in [1.29, 1.82) is 0 Å². The molecule has 0 aliphatic carbocycles. The van der Waals surface area contributed by atoms with Crippen LogP contribution in [0.25, 0.3) is 5.69 Å². The molecule has 2 heterocycles. The Labute approximate surface area is 181 Å². The van der Waals surface area contributed by atoms with Gasteiger partial charge in [0, 0.05) is 24.6 Å². The van der Waals surface area contributed by atoms with Crippen LogP contribution >= 0.6 is 0 Å². The zero-order valence-electron chi connectivity index (χ0n) is 17.6. The number of nitrogens with one attached hydrogen (secondary N) is 2. The minimum absolute atomic E-state index is 0.207. The Morgan fingerprint density at radius 1 is 1.10 bits per heavy atom. The van der Waals surface area contributed by atoms with Gasteiger partial charge in [-0.25, -0.2) is 9.78 Å². The largest absolute Gasteiger partial charge is 0.335 e. The van der Waals surface area contributed by atoms with E-state index in [0.29, 0.717) is 12.4 Å². The summed E-state index contributed by atoms with van der Waals surface area (Å²) in [6.45, 7) is 4.96. The van der Waals surface area contributed by atoms with Gasteiger partial charge in [-0.15, -0.1) is 10.2 Å². The van der Waals surface area contributed by atoms with Crippen molar-refractivity contribution in [3.05, 3.63) is 96.1 Å². The number of hydrogen-bond acceptors (Lipinski definition) is 4. The number of imidazole rings is 1. The minimum Gasteiger partial charge on any atom is -0.335 e. The van der Waals surface area contributed by atoms with Crippen LogP contribution in [0, 0.1) is 13.8 Å². The molecule has 2 aromatic carbocycles. The molecule has 0 aliphatic heterocycles. The Morgan fingerprint density at radius 3 is 2.68 bits per heavy atom. The molecular formula is C23H25N7O. The van der Waals surface area contributed by atoms with E-state index in [4.69, 9.17) is 0 Å². The zero-order chi connectivity index (χ0) is 21.6. The van der Waals surface area contributed by atoms with Gasteiger partial charge in [0.15, 0.2) is 5.82 Å². The first kappa shape index (κ1) is 20.3. The molecule has 2 N–H and O–H groups in total. The van der Waals surface area contributed by atoms with Crippen molar-refractivity contribution >= 4 is 6.03 Å². The molecule has 0 bridgehead atoms. The van der Waals surface area contributed by atoms with E-state index in [0.717, 1.165) is 16.8 Å². The summed E-state index contributed by atoms with van der Waals surface area (Å²) in [6, 6.07) is 15.6. The highest BCUT2D eigenvalue weighted by Gasteiger charge is 2.18. The second kappa shape index (κ2) is 9.25. The first-order valence-electron chi connectivity index (χ1n) is 10.1. The molecule has 0 spiro atoms. The van der Waals surface area contributed by atoms with E-state index in [2.05, 4.69) is 57.9 Å². The van der Waals surface area contributed by atoms with Gasteiger partial charge in [0.1, 0.15) is 6.33 Å². The highest BCUT2D eigenvalue weighted by Crippen LogP contribution is 2.21. The number of carbonyl (C=O) groups is 1. The fraction of sp³-hybridized carbons (Fsp3) is 0.217. The van der Waals surface area contributed by atoms with Gasteiger partial charge in [-0.3, -0.25) is 4.57 Å². The smallest absolute Gasteiger partial charge is 0.315 e. The maximum Gasteiger partial charge on any atom is 0.315 e. The molecule has 0 aliphatic rings. The van der Waals surface area contributed by atoms with E-state index in [1.165, 1.54) is 5.56 Å². The van der Waals surface area contributed by atoms with Crippen molar-refractivity contribution < 1.29 is 4.79 Å². The first-order valence-corrected chi connectivity index (χ1v) is 10.1. The van der Waals surface area contributed by atoms with Gasteiger partial charge in [-0.1, -0.05) is 42.0 Å². The SMILES string of the molecule is Cc1ccc(C(Cn2ccnc2)NC(=O)NCc2nncn2-c2ccccc2)c(C)c1. The Kier molecular flexibility index (Phi) is 6.07. The van der Waals surface area contributed by atoms with Gasteiger partial charge in [0.2, 0.25) is 0 Å². The van der Waals surface area contributed by atoms with Gasteiger partial charge in [0.25, 0.3) is 0 Å². The zero-order valence-corrected chi connectivity index (χ0v) is 17.6. The van der Waals surface area contributed by atoms with Crippen molar-refractivity contribution in [2.45, 2.75) is 33.0 Å². The maximum absolute atomic E-state index is 12.8. The quantitative estimate of drug-likeness (QED) is 0.485. The van der Waals surface area contributed by atoms with E-state index in [1.54, 1.807) is 18.9 Å². The summed E-state index contributed by atoms with van der Waals surface area (Å²) in [5, 5.41) is 14.1. The fourth-order valence-electron chi connectivity index (χ4n) is 3.60. The van der Waals surface area contributed by atoms with Gasteiger partial charge in [-0.05, 0) is 37.1 Å². The first-order chi connectivity index (χ1) is 15.1. The molecule has 0 saturated heterocycles. The molecule has 31 heavy (non-hydrogen) atoms. The van der Waals surface area contributed by atoms with E-state index in [-0.39, 0.29) is 18.6 Å². The molecule has 1 unspecified atom stereocenters. The third kappa shape index (κ3) is 4.98. The maximum atomic E-state index is 12.8. The van der Waals surface area contributed by atoms with Crippen LogP contribution in [0.2, 0.25) is 0 Å². The Bertz CT molecular complexity index is 1140. The summed E-state index contributed by atoms with van der Waals surface area (Å²) < 4.78 is 3.81. The van der Waals surface area contributed by atoms with Crippen LogP contribution in [-0.2, 0) is 13.1 Å². The topological polar surface area (TPSA) is 89.7 Å². The predicted molar refractivity (Wildman–Crippen MR) is 118 cm³/mol. The normalized spacial score (nSPS) is 11.8. The summed E-state index contributed by atoms with van der Waals surface area (Å²) in [7, 11) is 0. The lowest BCUT2D eigenvalue weighted by Gasteiger charge is -2.22. The molecule has 4 aromatic rings. The molecule has 8 nitrogen and oxygen atoms in total. The third-order valence-electron chi connectivity index (χ3n) is 5.12. The monoisotopic (exact) mass is 415 g/mol. The summed E-state index contributed by atoms with van der Waals surface area (Å²) >= 11 is 0. The molecule has 0 saturated carbocycles. The van der Waals surface area contributed by atoms with E-state index in [9.17, 15) is 4.79 Å². The number of aromatic nitrogens is 5. The second-order valence-corrected chi connectivity index (χ2v) is 7.45. The van der Waals surface area contributed by atoms with Gasteiger partial charge >= 0.3 is 6.03 Å². The number of nitrogens with zero attached hydrogens (tertiary/aromatic N) is 5. The Balaban J connectivity index is 1.46. The molecular weight excluding hydrogens is 390 g/mol. The van der Waals surface area contributed by atoms with Crippen LogP contribution in [0.4, 0.5) is 4.79 Å². The lowest BCUT2D eigenvalue weighted by Crippen LogP contribution is -2.39. The van der Waals surface area contributed by atoms with Crippen molar-refractivity contribution in [1.82, 2.24) is 34.9 Å². The predicted octanol–water partition coefficient (Wildman–Crippen LogP) is 3.32. The van der Waals surface area contributed by atoms with Crippen LogP contribution in [0.3, 0.4) is 0 Å². The van der Waals surface area contributed by atoms with Crippen molar-refractivity contribution in [3.8, 4) is 5.69 Å². The summed E-state index contributed by atoms with van der Waals surface area (Å²) in [5.74, 6) is 0.652. The van der Waals surface area contributed by atoms with Crippen molar-refractivity contribution in [3.63, 3.8) is 0 Å². The van der Waals surface area contributed by atoms with Crippen LogP contribution in [0.5, 0.6) is 0 Å². The van der Waals surface area contributed by atoms with Gasteiger partial charge in [0.05, 0.1) is 18.9 Å². The average Bonchev–Trinajstić information content (AvgIpc) is 3.44. The van der Waals surface area contributed by atoms with Crippen LogP contribution in [0.15, 0.2) is 73.6 Å². The number of carbonyl (C=O) groups excluding carboxylic acids is 1. The highest BCUT2D eigenvalue weighted by molar-refractivity contribution is 5.74. The lowest BCUT2D eigenvalue weighted by atomic mass is 9.99. The van der Waals surface area contributed by atoms with Gasteiger partial charge in [-0.2, -0.15) is 0 Å². The molecule has 1 atom stereocenters. The van der Waals surface area contributed by atoms with Crippen LogP contribution < -0.4 is 10.6 Å². The number of para-hydroxylation sites is 1. The molecule has 158 valence electrons. The number of rotatable bonds is 7. The van der Waals surface area contributed by atoms with Crippen molar-refractivity contribution in [2.24, 2.45) is 0 Å². The standard InChI is InChI=1S/C23H25N7O/c1-17-8-9-20(18(2)12-17)21(14-29-11-10-24-15-29)27-23(31)25-13-22-28-26-16-30(22)19-6-4-3-5-7-19/h3-12,15-16,21H,13-14H2,1-2H3,(H2,25,27,31). The number of hydrogen-bond donors (Lipinski definition) is 2. The fourth-order valence-corrected chi connectivity index (χ4v) is 3.60. The van der Waals surface area contributed by atoms with E-state index in [1.807, 2.05) is 45.7 Å². The lowest BCUT2D eigenvalue weighted by molar-refractivity contribution is 0.235. The molecule has 2 amide bonds. The molecule has 4 rings (SSSR count). The number of urea groups is 1. The summed E-state index contributed by atoms with van der Waals surface area (Å²) in [6.07, 6.45) is 7.01. The Morgan fingerprint density at radius 2 is 1.94 bits per heavy atom. The molecule has 8 heteroatoms. The summed E-state index contributed by atoms with van der Waals surface area (Å²) in [4.78, 5) is 16.9. The number of amides is 2. The van der Waals surface area contributed by atoms with Gasteiger partial charge < -0.3 is 15.2 Å². The van der Waals surface area contributed by atoms with Crippen LogP contribution in [0.1, 0.15) is 28.6 Å². The second-order valence-electron chi connectivity index (χ2n) is 7.45. The van der Waals surface area contributed by atoms with E-state index < -0.39 is 0 Å². The van der Waals surface area contributed by atoms with Crippen LogP contribution in [-0.4, -0.2) is 30.3 Å².